The molecule has 0 saturated carbocycles. The summed E-state index contributed by atoms with van der Waals surface area (Å²) in [6.07, 6.45) is 0. The van der Waals surface area contributed by atoms with Gasteiger partial charge < -0.3 is 10.1 Å². The van der Waals surface area contributed by atoms with E-state index in [0.29, 0.717) is 11.4 Å². The highest BCUT2D eigenvalue weighted by atomic mass is 16.5. The molecule has 90 valence electrons. The molecule has 0 fully saturated rings. The van der Waals surface area contributed by atoms with Gasteiger partial charge in [-0.25, -0.2) is 0 Å². The average Bonchev–Trinajstić information content (AvgIpc) is 2.91. The van der Waals surface area contributed by atoms with Crippen molar-refractivity contribution in [3.63, 3.8) is 0 Å². The molecule has 0 saturated heterocycles. The van der Waals surface area contributed by atoms with Gasteiger partial charge in [0.1, 0.15) is 11.8 Å². The molecule has 8 nitrogen and oxygen atoms in total. The maximum absolute atomic E-state index is 11.6. The smallest absolute Gasteiger partial charge is 0.297 e. The zero-order valence-electron chi connectivity index (χ0n) is 9.12. The van der Waals surface area contributed by atoms with Gasteiger partial charge in [-0.05, 0) is 17.3 Å². The Labute approximate surface area is 102 Å². The van der Waals surface area contributed by atoms with Crippen molar-refractivity contribution in [2.45, 2.75) is 0 Å². The van der Waals surface area contributed by atoms with E-state index in [4.69, 9.17) is 10.00 Å². The first-order valence-electron chi connectivity index (χ1n) is 4.94. The number of nitrogens with zero attached hydrogens (tertiary/aromatic N) is 4. The number of anilines is 1. The first-order chi connectivity index (χ1) is 8.79. The third-order valence-corrected chi connectivity index (χ3v) is 1.94. The standard InChI is InChI=1S/C10H8N6O2/c11-4-5-18-8-3-1-2-7(6-8)12-10(17)9-13-15-16-14-9/h1-3,6H,5H2,(H,12,17)(H,13,14,15,16). The van der Waals surface area contributed by atoms with Gasteiger partial charge in [-0.15, -0.1) is 10.2 Å². The maximum Gasteiger partial charge on any atom is 0.297 e. The summed E-state index contributed by atoms with van der Waals surface area (Å²) in [7, 11) is 0. The quantitative estimate of drug-likeness (QED) is 0.801. The minimum atomic E-state index is -0.485. The second kappa shape index (κ2) is 5.40. The second-order valence-electron chi connectivity index (χ2n) is 3.16. The van der Waals surface area contributed by atoms with E-state index >= 15 is 0 Å². The minimum Gasteiger partial charge on any atom is -0.479 e. The highest BCUT2D eigenvalue weighted by molar-refractivity contribution is 6.01. The lowest BCUT2D eigenvalue weighted by Gasteiger charge is -2.05. The Morgan fingerprint density at radius 1 is 1.56 bits per heavy atom. The number of benzene rings is 1. The number of nitriles is 1. The van der Waals surface area contributed by atoms with Crippen molar-refractivity contribution in [3.05, 3.63) is 30.1 Å². The summed E-state index contributed by atoms with van der Waals surface area (Å²) in [5.41, 5.74) is 0.514. The van der Waals surface area contributed by atoms with Crippen molar-refractivity contribution in [1.82, 2.24) is 20.6 Å². The van der Waals surface area contributed by atoms with Crippen LogP contribution < -0.4 is 10.1 Å². The number of H-pyrrole nitrogens is 1. The minimum absolute atomic E-state index is 0.0533. The van der Waals surface area contributed by atoms with Crippen LogP contribution in [-0.4, -0.2) is 33.1 Å². The topological polar surface area (TPSA) is 117 Å². The summed E-state index contributed by atoms with van der Waals surface area (Å²) in [5.74, 6) is -0.0537. The number of carbonyl (C=O) groups excluding carboxylic acids is 1. The Bertz CT molecular complexity index is 574. The van der Waals surface area contributed by atoms with Gasteiger partial charge in [0.25, 0.3) is 11.7 Å². The Morgan fingerprint density at radius 2 is 2.44 bits per heavy atom. The highest BCUT2D eigenvalue weighted by Gasteiger charge is 2.10. The van der Waals surface area contributed by atoms with Gasteiger partial charge in [-0.1, -0.05) is 6.07 Å². The zero-order valence-corrected chi connectivity index (χ0v) is 9.12. The van der Waals surface area contributed by atoms with E-state index in [2.05, 4.69) is 25.9 Å². The van der Waals surface area contributed by atoms with E-state index in [0.717, 1.165) is 0 Å². The highest BCUT2D eigenvalue weighted by Crippen LogP contribution is 2.17. The SMILES string of the molecule is N#CCOc1cccc(NC(=O)c2nn[nH]n2)c1. The van der Waals surface area contributed by atoms with Crippen LogP contribution in [0.25, 0.3) is 0 Å². The molecule has 0 aliphatic heterocycles. The first kappa shape index (κ1) is 11.5. The van der Waals surface area contributed by atoms with Crippen molar-refractivity contribution < 1.29 is 9.53 Å². The molecule has 0 aliphatic rings. The fraction of sp³-hybridized carbons (Fsp3) is 0.100. The molecule has 0 radical (unpaired) electrons. The predicted molar refractivity (Wildman–Crippen MR) is 59.7 cm³/mol. The van der Waals surface area contributed by atoms with Crippen LogP contribution in [0.2, 0.25) is 0 Å². The van der Waals surface area contributed by atoms with Crippen LogP contribution >= 0.6 is 0 Å². The van der Waals surface area contributed by atoms with Crippen molar-refractivity contribution in [3.8, 4) is 11.8 Å². The van der Waals surface area contributed by atoms with Crippen molar-refractivity contribution >= 4 is 11.6 Å². The molecular weight excluding hydrogens is 236 g/mol. The number of carbonyl (C=O) groups is 1. The molecule has 1 aromatic heterocycles. The third-order valence-electron chi connectivity index (χ3n) is 1.94. The molecule has 1 aromatic carbocycles. The van der Waals surface area contributed by atoms with Crippen molar-refractivity contribution in [2.75, 3.05) is 11.9 Å². The van der Waals surface area contributed by atoms with Gasteiger partial charge in [0.05, 0.1) is 0 Å². The number of amides is 1. The fourth-order valence-electron chi connectivity index (χ4n) is 1.22. The summed E-state index contributed by atoms with van der Waals surface area (Å²) in [5, 5.41) is 23.5. The molecule has 0 bridgehead atoms. The Morgan fingerprint density at radius 3 is 3.17 bits per heavy atom. The number of ether oxygens (including phenoxy) is 1. The first-order valence-corrected chi connectivity index (χ1v) is 4.94. The molecule has 0 unspecified atom stereocenters. The van der Waals surface area contributed by atoms with E-state index in [1.54, 1.807) is 24.3 Å². The van der Waals surface area contributed by atoms with E-state index in [-0.39, 0.29) is 12.4 Å². The average molecular weight is 244 g/mol. The van der Waals surface area contributed by atoms with Crippen LogP contribution in [0.3, 0.4) is 0 Å². The Balaban J connectivity index is 2.05. The van der Waals surface area contributed by atoms with Gasteiger partial charge in [0, 0.05) is 11.8 Å². The van der Waals surface area contributed by atoms with Crippen LogP contribution in [0.5, 0.6) is 5.75 Å². The van der Waals surface area contributed by atoms with Crippen LogP contribution in [0.4, 0.5) is 5.69 Å². The number of nitrogens with one attached hydrogen (secondary N) is 2. The Kier molecular flexibility index (Phi) is 3.46. The Hall–Kier alpha value is -2.95. The number of rotatable bonds is 4. The number of aromatic nitrogens is 4. The predicted octanol–water partition coefficient (Wildman–Crippen LogP) is 0.354. The molecule has 0 atom stereocenters. The molecule has 18 heavy (non-hydrogen) atoms. The van der Waals surface area contributed by atoms with E-state index in [1.165, 1.54) is 0 Å². The summed E-state index contributed by atoms with van der Waals surface area (Å²) in [4.78, 5) is 11.6. The van der Waals surface area contributed by atoms with Gasteiger partial charge in [0.15, 0.2) is 6.61 Å². The van der Waals surface area contributed by atoms with Crippen LogP contribution in [0.15, 0.2) is 24.3 Å². The van der Waals surface area contributed by atoms with E-state index < -0.39 is 5.91 Å². The molecule has 2 aromatic rings. The largest absolute Gasteiger partial charge is 0.479 e. The van der Waals surface area contributed by atoms with Crippen LogP contribution in [0.1, 0.15) is 10.6 Å². The molecule has 0 aliphatic carbocycles. The normalized spacial score (nSPS) is 9.50. The molecule has 2 rings (SSSR count). The molecule has 8 heteroatoms. The third kappa shape index (κ3) is 2.79. The molecule has 2 N–H and O–H groups in total. The lowest BCUT2D eigenvalue weighted by molar-refractivity contribution is 0.101. The number of hydrogen-bond acceptors (Lipinski definition) is 6. The van der Waals surface area contributed by atoms with Gasteiger partial charge in [0.2, 0.25) is 0 Å². The van der Waals surface area contributed by atoms with Crippen molar-refractivity contribution in [1.29, 1.82) is 5.26 Å². The lowest BCUT2D eigenvalue weighted by Crippen LogP contribution is -2.13. The van der Waals surface area contributed by atoms with E-state index in [9.17, 15) is 4.79 Å². The van der Waals surface area contributed by atoms with Gasteiger partial charge in [-0.3, -0.25) is 4.79 Å². The summed E-state index contributed by atoms with van der Waals surface area (Å²) >= 11 is 0. The zero-order chi connectivity index (χ0) is 12.8. The monoisotopic (exact) mass is 244 g/mol. The van der Waals surface area contributed by atoms with Crippen molar-refractivity contribution in [2.24, 2.45) is 0 Å². The number of hydrogen-bond donors (Lipinski definition) is 2. The fourth-order valence-corrected chi connectivity index (χ4v) is 1.22. The number of tetrazole rings is 1. The summed E-state index contributed by atoms with van der Waals surface area (Å²) in [6, 6.07) is 8.50. The maximum atomic E-state index is 11.6. The summed E-state index contributed by atoms with van der Waals surface area (Å²) in [6.45, 7) is -0.0533. The molecular formula is C10H8N6O2. The molecule has 0 spiro atoms. The summed E-state index contributed by atoms with van der Waals surface area (Å²) < 4.78 is 5.11. The van der Waals surface area contributed by atoms with Gasteiger partial charge in [-0.2, -0.15) is 10.5 Å². The van der Waals surface area contributed by atoms with Gasteiger partial charge >= 0.3 is 0 Å². The van der Waals surface area contributed by atoms with Crippen LogP contribution in [0, 0.1) is 11.3 Å². The second-order valence-corrected chi connectivity index (χ2v) is 3.16. The number of aromatic amines is 1. The van der Waals surface area contributed by atoms with Crippen LogP contribution in [-0.2, 0) is 0 Å². The molecule has 1 heterocycles. The van der Waals surface area contributed by atoms with E-state index in [1.807, 2.05) is 6.07 Å². The molecule has 1 amide bonds. The lowest BCUT2D eigenvalue weighted by atomic mass is 10.3.